The molecule has 1 atom stereocenters. The van der Waals surface area contributed by atoms with Gasteiger partial charge < -0.3 is 5.32 Å². The number of nitro benzene ring substituents is 1. The number of rotatable bonds is 4. The Labute approximate surface area is 121 Å². The minimum atomic E-state index is -0.564. The van der Waals surface area contributed by atoms with Crippen molar-refractivity contribution in [2.24, 2.45) is 0 Å². The molecular weight excluding hydrogens is 332 g/mol. The second-order valence-electron chi connectivity index (χ2n) is 3.89. The zero-order valence-electron chi connectivity index (χ0n) is 10.2. The Hall–Kier alpha value is -2.36. The van der Waals surface area contributed by atoms with Crippen LogP contribution in [0.5, 0.6) is 0 Å². The van der Waals surface area contributed by atoms with Crippen LogP contribution in [0, 0.1) is 10.1 Å². The monoisotopic (exact) mass is 340 g/mol. The lowest BCUT2D eigenvalue weighted by Crippen LogP contribution is -2.27. The van der Waals surface area contributed by atoms with E-state index in [0.717, 1.165) is 0 Å². The fourth-order valence-corrected chi connectivity index (χ4v) is 1.92. The van der Waals surface area contributed by atoms with Gasteiger partial charge in [0, 0.05) is 16.6 Å². The molecule has 104 valence electrons. The Morgan fingerprint density at radius 1 is 1.55 bits per heavy atom. The van der Waals surface area contributed by atoms with Crippen molar-refractivity contribution in [1.82, 2.24) is 25.9 Å². The van der Waals surface area contributed by atoms with Crippen molar-refractivity contribution in [3.63, 3.8) is 0 Å². The number of aromatic nitrogens is 4. The molecule has 0 aliphatic rings. The molecule has 20 heavy (non-hydrogen) atoms. The first kappa shape index (κ1) is 14.1. The molecule has 0 radical (unpaired) electrons. The lowest BCUT2D eigenvalue weighted by Gasteiger charge is -2.10. The fourth-order valence-electron chi connectivity index (χ4n) is 1.49. The first-order valence-electron chi connectivity index (χ1n) is 5.47. The number of nitro groups is 1. The third kappa shape index (κ3) is 2.96. The average Bonchev–Trinajstić information content (AvgIpc) is 2.92. The summed E-state index contributed by atoms with van der Waals surface area (Å²) in [5.74, 6) is -0.155. The molecule has 1 heterocycles. The molecule has 10 heteroatoms. The summed E-state index contributed by atoms with van der Waals surface area (Å²) in [7, 11) is 0. The fraction of sp³-hybridized carbons (Fsp3) is 0.200. The zero-order valence-corrected chi connectivity index (χ0v) is 11.8. The normalized spacial score (nSPS) is 11.9. The van der Waals surface area contributed by atoms with Gasteiger partial charge in [-0.05, 0) is 28.9 Å². The van der Waals surface area contributed by atoms with Crippen LogP contribution in [-0.2, 0) is 0 Å². The van der Waals surface area contributed by atoms with Gasteiger partial charge in [0.05, 0.1) is 16.5 Å². The minimum absolute atomic E-state index is 0.162. The number of hydrogen-bond acceptors (Lipinski definition) is 6. The summed E-state index contributed by atoms with van der Waals surface area (Å²) >= 11 is 3.19. The molecule has 0 saturated carbocycles. The number of carbonyl (C=O) groups is 1. The summed E-state index contributed by atoms with van der Waals surface area (Å²) in [6, 6.07) is 3.48. The van der Waals surface area contributed by atoms with Gasteiger partial charge >= 0.3 is 0 Å². The molecule has 1 unspecified atom stereocenters. The maximum absolute atomic E-state index is 12.1. The van der Waals surface area contributed by atoms with Crippen molar-refractivity contribution in [3.05, 3.63) is 44.2 Å². The predicted octanol–water partition coefficient (Wildman–Crippen LogP) is 1.36. The minimum Gasteiger partial charge on any atom is -0.342 e. The van der Waals surface area contributed by atoms with E-state index in [9.17, 15) is 14.9 Å². The van der Waals surface area contributed by atoms with E-state index in [1.54, 1.807) is 6.92 Å². The highest BCUT2D eigenvalue weighted by Gasteiger charge is 2.19. The van der Waals surface area contributed by atoms with Crippen molar-refractivity contribution in [3.8, 4) is 0 Å². The Morgan fingerprint density at radius 3 is 2.90 bits per heavy atom. The van der Waals surface area contributed by atoms with Crippen LogP contribution in [0.15, 0.2) is 22.7 Å². The number of non-ortho nitro benzene ring substituents is 1. The summed E-state index contributed by atoms with van der Waals surface area (Å²) in [4.78, 5) is 22.3. The number of tetrazole rings is 1. The Balaban J connectivity index is 2.20. The molecular formula is C10H9BrN6O3. The van der Waals surface area contributed by atoms with Crippen LogP contribution >= 0.6 is 15.9 Å². The van der Waals surface area contributed by atoms with Crippen LogP contribution in [-0.4, -0.2) is 31.5 Å². The van der Waals surface area contributed by atoms with E-state index in [-0.39, 0.29) is 11.3 Å². The molecule has 2 N–H and O–H groups in total. The molecule has 0 fully saturated rings. The van der Waals surface area contributed by atoms with E-state index in [1.807, 2.05) is 0 Å². The summed E-state index contributed by atoms with van der Waals surface area (Å²) in [6.07, 6.45) is 0. The van der Waals surface area contributed by atoms with Gasteiger partial charge in [0.25, 0.3) is 11.6 Å². The summed E-state index contributed by atoms with van der Waals surface area (Å²) in [6.45, 7) is 1.67. The van der Waals surface area contributed by atoms with Gasteiger partial charge in [0.2, 0.25) is 0 Å². The lowest BCUT2D eigenvalue weighted by atomic mass is 10.1. The number of benzene rings is 1. The first-order chi connectivity index (χ1) is 9.49. The van der Waals surface area contributed by atoms with Crippen LogP contribution in [0.1, 0.15) is 29.1 Å². The van der Waals surface area contributed by atoms with E-state index < -0.39 is 16.9 Å². The largest absolute Gasteiger partial charge is 0.342 e. The average molecular weight is 341 g/mol. The molecule has 0 bridgehead atoms. The van der Waals surface area contributed by atoms with Crippen molar-refractivity contribution < 1.29 is 9.72 Å². The highest BCUT2D eigenvalue weighted by molar-refractivity contribution is 9.10. The number of nitrogens with zero attached hydrogens (tertiary/aromatic N) is 4. The molecule has 0 aliphatic heterocycles. The standard InChI is InChI=1S/C10H9BrN6O3/c1-5(9-13-15-16-14-9)12-10(18)7-4-6(17(19)20)2-3-8(7)11/h2-5H,1H3,(H,12,18)(H,13,14,15,16). The zero-order chi connectivity index (χ0) is 14.7. The number of hydrogen-bond donors (Lipinski definition) is 2. The van der Waals surface area contributed by atoms with E-state index in [4.69, 9.17) is 0 Å². The summed E-state index contributed by atoms with van der Waals surface area (Å²) < 4.78 is 0.459. The van der Waals surface area contributed by atoms with Gasteiger partial charge in [-0.3, -0.25) is 14.9 Å². The third-order valence-electron chi connectivity index (χ3n) is 2.50. The quantitative estimate of drug-likeness (QED) is 0.639. The number of amides is 1. The number of carbonyl (C=O) groups excluding carboxylic acids is 1. The van der Waals surface area contributed by atoms with Crippen molar-refractivity contribution >= 4 is 27.5 Å². The molecule has 1 amide bonds. The summed E-state index contributed by atoms with van der Waals surface area (Å²) in [5.41, 5.74) is 0.000101. The Morgan fingerprint density at radius 2 is 2.30 bits per heavy atom. The molecule has 2 rings (SSSR count). The maximum atomic E-state index is 12.1. The van der Waals surface area contributed by atoms with Crippen LogP contribution in [0.3, 0.4) is 0 Å². The van der Waals surface area contributed by atoms with Gasteiger partial charge in [0.15, 0.2) is 5.82 Å². The van der Waals surface area contributed by atoms with E-state index in [1.165, 1.54) is 18.2 Å². The number of H-pyrrole nitrogens is 1. The van der Waals surface area contributed by atoms with Gasteiger partial charge in [-0.15, -0.1) is 10.2 Å². The van der Waals surface area contributed by atoms with Crippen molar-refractivity contribution in [2.75, 3.05) is 0 Å². The highest BCUT2D eigenvalue weighted by atomic mass is 79.9. The number of nitrogens with one attached hydrogen (secondary N) is 2. The van der Waals surface area contributed by atoms with Crippen LogP contribution in [0.2, 0.25) is 0 Å². The third-order valence-corrected chi connectivity index (χ3v) is 3.19. The highest BCUT2D eigenvalue weighted by Crippen LogP contribution is 2.23. The van der Waals surface area contributed by atoms with Gasteiger partial charge in [-0.1, -0.05) is 5.21 Å². The van der Waals surface area contributed by atoms with E-state index in [2.05, 4.69) is 41.9 Å². The molecule has 1 aromatic carbocycles. The molecule has 2 aromatic rings. The number of aromatic amines is 1. The van der Waals surface area contributed by atoms with Crippen LogP contribution in [0.25, 0.3) is 0 Å². The molecule has 0 spiro atoms. The first-order valence-corrected chi connectivity index (χ1v) is 6.26. The maximum Gasteiger partial charge on any atom is 0.270 e. The smallest absolute Gasteiger partial charge is 0.270 e. The lowest BCUT2D eigenvalue weighted by molar-refractivity contribution is -0.384. The van der Waals surface area contributed by atoms with Gasteiger partial charge in [0.1, 0.15) is 0 Å². The Bertz CT molecular complexity index is 644. The summed E-state index contributed by atoms with van der Waals surface area (Å²) in [5, 5.41) is 26.5. The van der Waals surface area contributed by atoms with Crippen molar-refractivity contribution in [2.45, 2.75) is 13.0 Å². The molecule has 9 nitrogen and oxygen atoms in total. The van der Waals surface area contributed by atoms with Crippen molar-refractivity contribution in [1.29, 1.82) is 0 Å². The van der Waals surface area contributed by atoms with Crippen LogP contribution < -0.4 is 5.32 Å². The van der Waals surface area contributed by atoms with Crippen LogP contribution in [0.4, 0.5) is 5.69 Å². The topological polar surface area (TPSA) is 127 Å². The molecule has 1 aromatic heterocycles. The SMILES string of the molecule is CC(NC(=O)c1cc([N+](=O)[O-])ccc1Br)c1nn[nH]n1. The van der Waals surface area contributed by atoms with Gasteiger partial charge in [-0.2, -0.15) is 5.21 Å². The second-order valence-corrected chi connectivity index (χ2v) is 4.74. The Kier molecular flexibility index (Phi) is 4.03. The number of halogens is 1. The predicted molar refractivity (Wildman–Crippen MR) is 70.9 cm³/mol. The van der Waals surface area contributed by atoms with Gasteiger partial charge in [-0.25, -0.2) is 0 Å². The van der Waals surface area contributed by atoms with E-state index in [0.29, 0.717) is 10.3 Å². The molecule has 0 saturated heterocycles. The molecule has 0 aliphatic carbocycles. The van der Waals surface area contributed by atoms with E-state index >= 15 is 0 Å². The second kappa shape index (κ2) is 5.74.